The molecule has 2 unspecified atom stereocenters. The number of aromatic hydroxyl groups is 1. The van der Waals surface area contributed by atoms with E-state index in [4.69, 9.17) is 5.11 Å². The molecule has 0 saturated heterocycles. The zero-order valence-electron chi connectivity index (χ0n) is 19.5. The van der Waals surface area contributed by atoms with Crippen LogP contribution in [0.25, 0.3) is 0 Å². The number of nitrogens with zero attached hydrogens (tertiary/aromatic N) is 4. The Labute approximate surface area is 204 Å². The lowest BCUT2D eigenvalue weighted by Crippen LogP contribution is -2.48. The van der Waals surface area contributed by atoms with Gasteiger partial charge in [0.15, 0.2) is 0 Å². The van der Waals surface area contributed by atoms with Gasteiger partial charge in [-0.25, -0.2) is 4.79 Å². The number of benzene rings is 2. The zero-order chi connectivity index (χ0) is 27.2. The number of nitrogens with one attached hydrogen (secondary N) is 2. The van der Waals surface area contributed by atoms with Crippen molar-refractivity contribution in [3.63, 3.8) is 0 Å². The van der Waals surface area contributed by atoms with Gasteiger partial charge in [-0.2, -0.15) is 0 Å². The van der Waals surface area contributed by atoms with E-state index in [0.717, 1.165) is 18.4 Å². The molecular weight excluding hydrogens is 480 g/mol. The number of amides is 3. The van der Waals surface area contributed by atoms with Crippen molar-refractivity contribution in [2.75, 3.05) is 14.1 Å². The minimum absolute atomic E-state index is 0.00587. The Kier molecular flexibility index (Phi) is 8.93. The molecule has 36 heavy (non-hydrogen) atoms. The number of aryl methyl sites for hydroxylation is 1. The fourth-order valence-electron chi connectivity index (χ4n) is 3.33. The molecule has 2 atom stereocenters. The van der Waals surface area contributed by atoms with E-state index >= 15 is 0 Å². The third-order valence-electron chi connectivity index (χ3n) is 5.49. The van der Waals surface area contributed by atoms with Crippen molar-refractivity contribution >= 4 is 29.0 Å². The quantitative estimate of drug-likeness (QED) is 0.386. The van der Waals surface area contributed by atoms with E-state index in [1.165, 1.54) is 5.56 Å². The first-order chi connectivity index (χ1) is 16.8. The van der Waals surface area contributed by atoms with Gasteiger partial charge in [-0.3, -0.25) is 45.4 Å². The molecule has 3 N–H and O–H groups in total. The van der Waals surface area contributed by atoms with Crippen LogP contribution in [0.1, 0.15) is 30.5 Å². The maximum absolute atomic E-state index is 11.9. The largest absolute Gasteiger partial charge is 0.497 e. The number of phenolic OH excluding ortho intramolecular Hbond substituents is 1. The molecule has 0 spiro atoms. The molecule has 15 nitrogen and oxygen atoms in total. The Bertz CT molecular complexity index is 1170. The summed E-state index contributed by atoms with van der Waals surface area (Å²) in [5, 5.41) is 45.5. The fraction of sp³-hybridized carbons (Fsp3) is 0.333. The molecule has 3 rings (SSSR count). The number of nitro groups is 3. The molecule has 1 aliphatic carbocycles. The molecule has 0 bridgehead atoms. The number of non-ortho nitro benzene ring substituents is 1. The lowest BCUT2D eigenvalue weighted by atomic mass is 10.1. The van der Waals surface area contributed by atoms with Gasteiger partial charge in [-0.05, 0) is 45.0 Å². The average molecular weight is 504 g/mol. The number of hydrogen-bond donors (Lipinski definition) is 3. The second-order valence-corrected chi connectivity index (χ2v) is 8.00. The van der Waals surface area contributed by atoms with E-state index in [-0.39, 0.29) is 18.0 Å². The number of carbonyl (C=O) groups is 2. The number of likely N-dealkylation sites (N-methyl/N-ethyl adjacent to an activating group) is 1. The molecule has 192 valence electrons. The smallest absolute Gasteiger partial charge is 0.324 e. The fourth-order valence-corrected chi connectivity index (χ4v) is 3.33. The molecular formula is C21H24N6O9. The van der Waals surface area contributed by atoms with Gasteiger partial charge in [0.1, 0.15) is 0 Å². The van der Waals surface area contributed by atoms with Crippen molar-refractivity contribution in [1.29, 1.82) is 0 Å². The standard InChI is InChI=1S/C15H21N3O2.C6H3N3O7/c1-10(18(2)3)14(19)17-15(20)16-13-9-8-11-6-4-5-7-12(11)13;10-6-4(8(13)14)1-3(7(11)12)2-5(6)9(15)16/h4-7,10,13H,8-9H2,1-3H3,(H2,16,17,19,20);1-2,10H. The highest BCUT2D eigenvalue weighted by Gasteiger charge is 2.30. The van der Waals surface area contributed by atoms with Crippen LogP contribution in [0, 0.1) is 30.3 Å². The van der Waals surface area contributed by atoms with Gasteiger partial charge in [-0.1, -0.05) is 24.3 Å². The summed E-state index contributed by atoms with van der Waals surface area (Å²) >= 11 is 0. The molecule has 0 radical (unpaired) electrons. The number of phenols is 1. The normalized spacial score (nSPS) is 14.6. The highest BCUT2D eigenvalue weighted by Crippen LogP contribution is 2.39. The maximum Gasteiger partial charge on any atom is 0.324 e. The topological polar surface area (TPSA) is 211 Å². The minimum Gasteiger partial charge on any atom is -0.497 e. The van der Waals surface area contributed by atoms with Gasteiger partial charge in [0, 0.05) is 0 Å². The van der Waals surface area contributed by atoms with Crippen LogP contribution in [-0.2, 0) is 11.2 Å². The van der Waals surface area contributed by atoms with Gasteiger partial charge in [0.25, 0.3) is 11.4 Å². The Balaban J connectivity index is 0.000000261. The van der Waals surface area contributed by atoms with Crippen molar-refractivity contribution in [3.8, 4) is 5.75 Å². The molecule has 2 aromatic carbocycles. The molecule has 15 heteroatoms. The van der Waals surface area contributed by atoms with Crippen LogP contribution in [0.2, 0.25) is 0 Å². The lowest BCUT2D eigenvalue weighted by Gasteiger charge is -2.20. The number of rotatable bonds is 6. The van der Waals surface area contributed by atoms with Crippen LogP contribution >= 0.6 is 0 Å². The predicted octanol–water partition coefficient (Wildman–Crippen LogP) is 2.57. The van der Waals surface area contributed by atoms with Crippen molar-refractivity contribution < 1.29 is 29.5 Å². The van der Waals surface area contributed by atoms with Gasteiger partial charge >= 0.3 is 17.4 Å². The van der Waals surface area contributed by atoms with Crippen molar-refractivity contribution in [2.24, 2.45) is 0 Å². The first kappa shape index (κ1) is 27.6. The summed E-state index contributed by atoms with van der Waals surface area (Å²) < 4.78 is 0. The molecule has 2 aromatic rings. The Morgan fingerprint density at radius 2 is 1.58 bits per heavy atom. The highest BCUT2D eigenvalue weighted by atomic mass is 16.6. The van der Waals surface area contributed by atoms with E-state index in [1.54, 1.807) is 25.9 Å². The molecule has 0 aliphatic heterocycles. The Hall–Kier alpha value is -4.66. The van der Waals surface area contributed by atoms with Gasteiger partial charge in [0.05, 0.1) is 39.0 Å². The van der Waals surface area contributed by atoms with Crippen molar-refractivity contribution in [3.05, 3.63) is 77.9 Å². The monoisotopic (exact) mass is 504 g/mol. The number of fused-ring (bicyclic) bond motifs is 1. The minimum atomic E-state index is -1.21. The second kappa shape index (κ2) is 11.7. The highest BCUT2D eigenvalue weighted by molar-refractivity contribution is 5.96. The SMILES string of the molecule is CC(C(=O)NC(=O)NC1CCc2ccccc21)N(C)C.O=[N+]([O-])c1cc([N+](=O)[O-])c(O)c([N+](=O)[O-])c1. The van der Waals surface area contributed by atoms with E-state index in [2.05, 4.69) is 16.7 Å². The lowest BCUT2D eigenvalue weighted by molar-refractivity contribution is -0.404. The summed E-state index contributed by atoms with van der Waals surface area (Å²) in [6.07, 6.45) is 1.84. The Morgan fingerprint density at radius 3 is 2.08 bits per heavy atom. The average Bonchev–Trinajstić information content (AvgIpc) is 3.21. The molecule has 0 saturated carbocycles. The summed E-state index contributed by atoms with van der Waals surface area (Å²) in [6.45, 7) is 1.76. The van der Waals surface area contributed by atoms with Crippen LogP contribution in [0.15, 0.2) is 36.4 Å². The Morgan fingerprint density at radius 1 is 1.03 bits per heavy atom. The van der Waals surface area contributed by atoms with E-state index in [0.29, 0.717) is 12.1 Å². The number of urea groups is 1. The van der Waals surface area contributed by atoms with Crippen molar-refractivity contribution in [1.82, 2.24) is 15.5 Å². The van der Waals surface area contributed by atoms with Crippen LogP contribution in [0.5, 0.6) is 5.75 Å². The number of carbonyl (C=O) groups excluding carboxylic acids is 2. The summed E-state index contributed by atoms with van der Waals surface area (Å²) in [5.74, 6) is -1.50. The first-order valence-electron chi connectivity index (χ1n) is 10.5. The molecule has 1 aliphatic rings. The van der Waals surface area contributed by atoms with Gasteiger partial charge in [0.2, 0.25) is 5.91 Å². The summed E-state index contributed by atoms with van der Waals surface area (Å²) in [7, 11) is 3.60. The number of hydrogen-bond acceptors (Lipinski definition) is 10. The molecule has 3 amide bonds. The van der Waals surface area contributed by atoms with E-state index in [1.807, 2.05) is 18.2 Å². The van der Waals surface area contributed by atoms with Crippen LogP contribution in [0.4, 0.5) is 21.9 Å². The summed E-state index contributed by atoms with van der Waals surface area (Å²) in [5.41, 5.74) is -0.584. The van der Waals surface area contributed by atoms with E-state index in [9.17, 15) is 39.9 Å². The summed E-state index contributed by atoms with van der Waals surface area (Å²) in [6, 6.07) is 8.20. The maximum atomic E-state index is 11.9. The van der Waals surface area contributed by atoms with Crippen LogP contribution in [0.3, 0.4) is 0 Å². The number of imide groups is 1. The molecule has 0 heterocycles. The van der Waals surface area contributed by atoms with Crippen LogP contribution < -0.4 is 10.6 Å². The molecule has 0 aromatic heterocycles. The third kappa shape index (κ3) is 6.69. The van der Waals surface area contributed by atoms with Gasteiger partial charge < -0.3 is 10.4 Å². The predicted molar refractivity (Wildman–Crippen MR) is 125 cm³/mol. The second-order valence-electron chi connectivity index (χ2n) is 8.00. The zero-order valence-corrected chi connectivity index (χ0v) is 19.5. The third-order valence-corrected chi connectivity index (χ3v) is 5.49. The number of nitro benzene ring substituents is 3. The van der Waals surface area contributed by atoms with Gasteiger partial charge in [-0.15, -0.1) is 0 Å². The van der Waals surface area contributed by atoms with E-state index < -0.39 is 43.6 Å². The van der Waals surface area contributed by atoms with Crippen molar-refractivity contribution in [2.45, 2.75) is 31.8 Å². The van der Waals surface area contributed by atoms with Crippen LogP contribution in [-0.4, -0.2) is 56.9 Å². The summed E-state index contributed by atoms with van der Waals surface area (Å²) in [4.78, 5) is 53.2. The first-order valence-corrected chi connectivity index (χ1v) is 10.5. The molecule has 0 fully saturated rings.